The van der Waals surface area contributed by atoms with Crippen molar-refractivity contribution in [3.05, 3.63) is 12.2 Å². The third-order valence-corrected chi connectivity index (χ3v) is 2.85. The van der Waals surface area contributed by atoms with Crippen LogP contribution in [0.2, 0.25) is 0 Å². The summed E-state index contributed by atoms with van der Waals surface area (Å²) >= 11 is 0. The Morgan fingerprint density at radius 1 is 1.40 bits per heavy atom. The fourth-order valence-corrected chi connectivity index (χ4v) is 1.74. The van der Waals surface area contributed by atoms with Crippen molar-refractivity contribution in [2.45, 2.75) is 37.8 Å². The molecule has 1 N–H and O–H groups in total. The first-order valence-electron chi connectivity index (χ1n) is 5.94. The number of ether oxygens (including phenoxy) is 2. The molecule has 0 bridgehead atoms. The predicted octanol–water partition coefficient (Wildman–Crippen LogP) is 1.49. The summed E-state index contributed by atoms with van der Waals surface area (Å²) in [6, 6.07) is 0.750. The van der Waals surface area contributed by atoms with Crippen LogP contribution in [-0.4, -0.2) is 38.5 Å². The van der Waals surface area contributed by atoms with Gasteiger partial charge in [-0.05, 0) is 31.3 Å². The summed E-state index contributed by atoms with van der Waals surface area (Å²) in [5.41, 5.74) is 1.14. The van der Waals surface area contributed by atoms with Gasteiger partial charge in [0.1, 0.15) is 0 Å². The van der Waals surface area contributed by atoms with Crippen LogP contribution in [0.15, 0.2) is 12.2 Å². The summed E-state index contributed by atoms with van der Waals surface area (Å²) in [6.45, 7) is 7.18. The minimum Gasteiger partial charge on any atom is -0.376 e. The molecule has 1 saturated heterocycles. The van der Waals surface area contributed by atoms with Crippen LogP contribution in [0.4, 0.5) is 0 Å². The van der Waals surface area contributed by atoms with E-state index in [4.69, 9.17) is 9.47 Å². The van der Waals surface area contributed by atoms with E-state index in [9.17, 15) is 0 Å². The maximum atomic E-state index is 5.57. The molecule has 0 aromatic heterocycles. The Kier molecular flexibility index (Phi) is 4.18. The van der Waals surface area contributed by atoms with Crippen LogP contribution in [0.3, 0.4) is 0 Å². The molecular weight excluding hydrogens is 190 g/mol. The third-order valence-electron chi connectivity index (χ3n) is 2.85. The molecule has 1 aliphatic carbocycles. The van der Waals surface area contributed by atoms with Gasteiger partial charge in [-0.25, -0.2) is 0 Å². The minimum atomic E-state index is 0.328. The van der Waals surface area contributed by atoms with Crippen molar-refractivity contribution in [3.8, 4) is 0 Å². The van der Waals surface area contributed by atoms with Crippen LogP contribution in [0, 0.1) is 0 Å². The van der Waals surface area contributed by atoms with Gasteiger partial charge in [-0.1, -0.05) is 6.58 Å². The number of nitrogens with one attached hydrogen (secondary N) is 1. The Bertz CT molecular complexity index is 208. The minimum absolute atomic E-state index is 0.328. The first-order valence-corrected chi connectivity index (χ1v) is 5.94. The fraction of sp³-hybridized carbons (Fsp3) is 0.833. The van der Waals surface area contributed by atoms with Crippen molar-refractivity contribution in [2.75, 3.05) is 26.4 Å². The zero-order chi connectivity index (χ0) is 10.5. The van der Waals surface area contributed by atoms with Gasteiger partial charge in [0.05, 0.1) is 19.3 Å². The first kappa shape index (κ1) is 11.1. The summed E-state index contributed by atoms with van der Waals surface area (Å²) in [6.07, 6.45) is 5.30. The van der Waals surface area contributed by atoms with E-state index in [1.54, 1.807) is 0 Å². The van der Waals surface area contributed by atoms with E-state index < -0.39 is 0 Å². The smallest absolute Gasteiger partial charge is 0.0809 e. The lowest BCUT2D eigenvalue weighted by molar-refractivity contribution is 0.0245. The van der Waals surface area contributed by atoms with Crippen molar-refractivity contribution in [1.29, 1.82) is 0 Å². The molecule has 0 aromatic carbocycles. The quantitative estimate of drug-likeness (QED) is 0.647. The Morgan fingerprint density at radius 3 is 2.93 bits per heavy atom. The monoisotopic (exact) mass is 211 g/mol. The largest absolute Gasteiger partial charge is 0.376 e. The maximum Gasteiger partial charge on any atom is 0.0809 e. The van der Waals surface area contributed by atoms with E-state index in [-0.39, 0.29) is 0 Å². The van der Waals surface area contributed by atoms with Gasteiger partial charge in [-0.2, -0.15) is 0 Å². The van der Waals surface area contributed by atoms with Gasteiger partial charge in [-0.15, -0.1) is 0 Å². The van der Waals surface area contributed by atoms with Crippen molar-refractivity contribution >= 4 is 0 Å². The Labute approximate surface area is 91.8 Å². The van der Waals surface area contributed by atoms with Gasteiger partial charge in [0, 0.05) is 19.2 Å². The van der Waals surface area contributed by atoms with Crippen molar-refractivity contribution in [3.63, 3.8) is 0 Å². The lowest BCUT2D eigenvalue weighted by Gasteiger charge is -2.11. The summed E-state index contributed by atoms with van der Waals surface area (Å²) in [5, 5.41) is 3.42. The molecule has 3 nitrogen and oxygen atoms in total. The highest BCUT2D eigenvalue weighted by Gasteiger charge is 2.20. The van der Waals surface area contributed by atoms with Crippen LogP contribution < -0.4 is 5.32 Å². The van der Waals surface area contributed by atoms with Crippen LogP contribution in [0.1, 0.15) is 25.7 Å². The number of rotatable bonds is 7. The second-order valence-electron chi connectivity index (χ2n) is 4.56. The molecule has 2 aliphatic rings. The van der Waals surface area contributed by atoms with Gasteiger partial charge >= 0.3 is 0 Å². The molecule has 1 heterocycles. The van der Waals surface area contributed by atoms with Crippen LogP contribution in [-0.2, 0) is 9.47 Å². The molecule has 0 spiro atoms. The average molecular weight is 211 g/mol. The fourth-order valence-electron chi connectivity index (χ4n) is 1.74. The van der Waals surface area contributed by atoms with Crippen LogP contribution in [0.25, 0.3) is 0 Å². The van der Waals surface area contributed by atoms with E-state index in [2.05, 4.69) is 11.9 Å². The first-order chi connectivity index (χ1) is 7.34. The molecule has 15 heavy (non-hydrogen) atoms. The summed E-state index contributed by atoms with van der Waals surface area (Å²) in [7, 11) is 0. The highest BCUT2D eigenvalue weighted by atomic mass is 16.5. The molecule has 0 amide bonds. The molecule has 86 valence electrons. The van der Waals surface area contributed by atoms with E-state index in [1.165, 1.54) is 19.3 Å². The normalized spacial score (nSPS) is 25.7. The third kappa shape index (κ3) is 4.33. The molecule has 1 atom stereocenters. The van der Waals surface area contributed by atoms with Crippen molar-refractivity contribution in [1.82, 2.24) is 5.32 Å². The lowest BCUT2D eigenvalue weighted by atomic mass is 10.2. The predicted molar refractivity (Wildman–Crippen MR) is 60.0 cm³/mol. The second kappa shape index (κ2) is 5.64. The van der Waals surface area contributed by atoms with Crippen LogP contribution in [0.5, 0.6) is 0 Å². The van der Waals surface area contributed by atoms with Gasteiger partial charge in [0.15, 0.2) is 0 Å². The summed E-state index contributed by atoms with van der Waals surface area (Å²) in [4.78, 5) is 0. The van der Waals surface area contributed by atoms with E-state index in [0.29, 0.717) is 12.7 Å². The molecular formula is C12H21NO2. The Balaban J connectivity index is 1.46. The topological polar surface area (TPSA) is 30.5 Å². The van der Waals surface area contributed by atoms with Crippen molar-refractivity contribution < 1.29 is 9.47 Å². The average Bonchev–Trinajstić information content (AvgIpc) is 2.92. The standard InChI is InChI=1S/C12H21NO2/c1-10(7-13-11-4-5-11)8-14-9-12-3-2-6-15-12/h11-13H,1-9H2. The second-order valence-corrected chi connectivity index (χ2v) is 4.56. The number of hydrogen-bond acceptors (Lipinski definition) is 3. The molecule has 0 radical (unpaired) electrons. The molecule has 2 fully saturated rings. The highest BCUT2D eigenvalue weighted by Crippen LogP contribution is 2.18. The van der Waals surface area contributed by atoms with E-state index in [1.807, 2.05) is 0 Å². The lowest BCUT2D eigenvalue weighted by Crippen LogP contribution is -2.22. The molecule has 1 saturated carbocycles. The van der Waals surface area contributed by atoms with E-state index >= 15 is 0 Å². The SMILES string of the molecule is C=C(CNC1CC1)COCC1CCCO1. The molecule has 2 rings (SSSR count). The highest BCUT2D eigenvalue weighted by molar-refractivity contribution is 4.99. The molecule has 1 unspecified atom stereocenters. The van der Waals surface area contributed by atoms with Crippen molar-refractivity contribution in [2.24, 2.45) is 0 Å². The zero-order valence-corrected chi connectivity index (χ0v) is 9.34. The Morgan fingerprint density at radius 2 is 2.27 bits per heavy atom. The van der Waals surface area contributed by atoms with Gasteiger partial charge in [-0.3, -0.25) is 0 Å². The molecule has 0 aromatic rings. The summed E-state index contributed by atoms with van der Waals surface area (Å²) in [5.74, 6) is 0. The zero-order valence-electron chi connectivity index (χ0n) is 9.34. The Hall–Kier alpha value is -0.380. The van der Waals surface area contributed by atoms with Gasteiger partial charge in [0.2, 0.25) is 0 Å². The number of hydrogen-bond donors (Lipinski definition) is 1. The molecule has 3 heteroatoms. The maximum absolute atomic E-state index is 5.57. The molecule has 1 aliphatic heterocycles. The van der Waals surface area contributed by atoms with Crippen LogP contribution >= 0.6 is 0 Å². The van der Waals surface area contributed by atoms with E-state index in [0.717, 1.165) is 37.8 Å². The van der Waals surface area contributed by atoms with Gasteiger partial charge in [0.25, 0.3) is 0 Å². The summed E-state index contributed by atoms with van der Waals surface area (Å²) < 4.78 is 11.0. The van der Waals surface area contributed by atoms with Gasteiger partial charge < -0.3 is 14.8 Å².